The van der Waals surface area contributed by atoms with Crippen molar-refractivity contribution in [3.63, 3.8) is 0 Å². The molecule has 0 spiro atoms. The van der Waals surface area contributed by atoms with E-state index in [2.05, 4.69) is 12.0 Å². The molecule has 2 amide bonds. The average Bonchev–Trinajstić information content (AvgIpc) is 3.04. The number of ether oxygens (including phenoxy) is 1. The van der Waals surface area contributed by atoms with E-state index in [0.717, 1.165) is 11.1 Å². The molecule has 7 nitrogen and oxygen atoms in total. The van der Waals surface area contributed by atoms with Crippen LogP contribution < -0.4 is 15.6 Å². The van der Waals surface area contributed by atoms with Crippen LogP contribution in [0.15, 0.2) is 77.9 Å². The summed E-state index contributed by atoms with van der Waals surface area (Å²) in [4.78, 5) is 28.1. The van der Waals surface area contributed by atoms with Crippen LogP contribution in [-0.2, 0) is 9.45 Å². The molecule has 1 aliphatic rings. The van der Waals surface area contributed by atoms with Crippen molar-refractivity contribution in [1.82, 2.24) is 10.4 Å². The van der Waals surface area contributed by atoms with Gasteiger partial charge in [0, 0.05) is 22.2 Å². The first-order chi connectivity index (χ1) is 18.3. The van der Waals surface area contributed by atoms with Crippen LogP contribution in [0.4, 0.5) is 0 Å². The Hall–Kier alpha value is -3.62. The van der Waals surface area contributed by atoms with Crippen LogP contribution in [0.5, 0.6) is 5.75 Å². The molecule has 2 aromatic rings. The van der Waals surface area contributed by atoms with Crippen molar-refractivity contribution in [2.75, 3.05) is 13.2 Å². The standard InChI is InChI=1S/C31H39BN2O5/c1-20(2)18-24(19-21(3)4)30(36)34(28(31(6,7)8)23-12-10-9-11-13-23)33-29(35)25-14-15-26-27(22(25)5)38-16-17-39-32(26)37/h9-15,18-19,28,37H,1,16-17H2,2-8H3,(H,33,35)/b24-18+. The van der Waals surface area contributed by atoms with Crippen molar-refractivity contribution >= 4 is 24.4 Å². The second-order valence-electron chi connectivity index (χ2n) is 11.2. The van der Waals surface area contributed by atoms with E-state index >= 15 is 0 Å². The maximum atomic E-state index is 14.2. The molecular weight excluding hydrogens is 491 g/mol. The third-order valence-corrected chi connectivity index (χ3v) is 6.28. The van der Waals surface area contributed by atoms with Gasteiger partial charge < -0.3 is 14.4 Å². The average molecular weight is 530 g/mol. The van der Waals surface area contributed by atoms with E-state index in [0.29, 0.717) is 33.5 Å². The van der Waals surface area contributed by atoms with E-state index in [1.807, 2.05) is 71.9 Å². The van der Waals surface area contributed by atoms with Crippen LogP contribution in [0.3, 0.4) is 0 Å². The Balaban J connectivity index is 2.14. The normalized spacial score (nSPS) is 14.4. The second kappa shape index (κ2) is 12.5. The summed E-state index contributed by atoms with van der Waals surface area (Å²) in [5, 5.41) is 11.8. The Kier molecular flexibility index (Phi) is 9.59. The summed E-state index contributed by atoms with van der Waals surface area (Å²) in [6.07, 6.45) is 3.52. The minimum atomic E-state index is -1.14. The van der Waals surface area contributed by atoms with Gasteiger partial charge in [-0.3, -0.25) is 15.0 Å². The molecule has 2 N–H and O–H groups in total. The third kappa shape index (κ3) is 7.28. The van der Waals surface area contributed by atoms with E-state index in [1.54, 1.807) is 31.2 Å². The summed E-state index contributed by atoms with van der Waals surface area (Å²) in [6, 6.07) is 12.4. The Morgan fingerprint density at radius 1 is 1.08 bits per heavy atom. The lowest BCUT2D eigenvalue weighted by molar-refractivity contribution is -0.135. The highest BCUT2D eigenvalue weighted by Gasteiger charge is 2.37. The highest BCUT2D eigenvalue weighted by atomic mass is 16.6. The summed E-state index contributed by atoms with van der Waals surface area (Å²) < 4.78 is 11.2. The van der Waals surface area contributed by atoms with Crippen molar-refractivity contribution in [3.8, 4) is 5.75 Å². The summed E-state index contributed by atoms with van der Waals surface area (Å²) in [5.41, 5.74) is 6.78. The Labute approximate surface area is 232 Å². The minimum absolute atomic E-state index is 0.228. The molecule has 39 heavy (non-hydrogen) atoms. The molecule has 0 saturated carbocycles. The molecule has 8 heteroatoms. The molecule has 206 valence electrons. The number of rotatable bonds is 6. The summed E-state index contributed by atoms with van der Waals surface area (Å²) in [7, 11) is -1.14. The fourth-order valence-corrected chi connectivity index (χ4v) is 4.69. The molecule has 1 atom stereocenters. The number of carbonyl (C=O) groups is 2. The number of nitrogens with one attached hydrogen (secondary N) is 1. The number of benzene rings is 2. The first-order valence-electron chi connectivity index (χ1n) is 13.1. The molecule has 0 bridgehead atoms. The van der Waals surface area contributed by atoms with Crippen molar-refractivity contribution in [2.24, 2.45) is 5.41 Å². The highest BCUT2D eigenvalue weighted by molar-refractivity contribution is 6.61. The van der Waals surface area contributed by atoms with Crippen molar-refractivity contribution in [2.45, 2.75) is 54.5 Å². The molecule has 1 aliphatic heterocycles. The molecule has 0 radical (unpaired) electrons. The van der Waals surface area contributed by atoms with Crippen LogP contribution in [0, 0.1) is 12.3 Å². The second-order valence-corrected chi connectivity index (χ2v) is 11.2. The monoisotopic (exact) mass is 530 g/mol. The van der Waals surface area contributed by atoms with E-state index in [4.69, 9.17) is 9.39 Å². The largest absolute Gasteiger partial charge is 0.495 e. The van der Waals surface area contributed by atoms with Gasteiger partial charge in [-0.25, -0.2) is 5.01 Å². The summed E-state index contributed by atoms with van der Waals surface area (Å²) >= 11 is 0. The number of hydrogen-bond acceptors (Lipinski definition) is 5. The fraction of sp³-hybridized carbons (Fsp3) is 0.355. The molecule has 0 fully saturated rings. The van der Waals surface area contributed by atoms with Crippen LogP contribution in [0.1, 0.15) is 69.1 Å². The zero-order valence-electron chi connectivity index (χ0n) is 24.0. The Morgan fingerprint density at radius 3 is 2.33 bits per heavy atom. The molecule has 3 rings (SSSR count). The van der Waals surface area contributed by atoms with Gasteiger partial charge in [0.25, 0.3) is 11.8 Å². The van der Waals surface area contributed by atoms with Gasteiger partial charge in [-0.05, 0) is 50.8 Å². The predicted octanol–water partition coefficient (Wildman–Crippen LogP) is 4.82. The van der Waals surface area contributed by atoms with E-state index in [-0.39, 0.29) is 19.1 Å². The number of carbonyl (C=O) groups excluding carboxylic acids is 2. The zero-order valence-corrected chi connectivity index (χ0v) is 24.0. The quantitative estimate of drug-likeness (QED) is 0.242. The van der Waals surface area contributed by atoms with Gasteiger partial charge in [-0.15, -0.1) is 0 Å². The molecule has 1 unspecified atom stereocenters. The third-order valence-electron chi connectivity index (χ3n) is 6.28. The Bertz CT molecular complexity index is 1290. The molecule has 0 aromatic heterocycles. The molecular formula is C31H39BN2O5. The van der Waals surface area contributed by atoms with Gasteiger partial charge in [0.05, 0.1) is 12.6 Å². The number of nitrogens with zero attached hydrogens (tertiary/aromatic N) is 1. The van der Waals surface area contributed by atoms with Gasteiger partial charge in [0.2, 0.25) is 0 Å². The summed E-state index contributed by atoms with van der Waals surface area (Å²) in [5.74, 6) is -0.416. The van der Waals surface area contributed by atoms with Crippen molar-refractivity contribution in [1.29, 1.82) is 0 Å². The van der Waals surface area contributed by atoms with Gasteiger partial charge >= 0.3 is 7.12 Å². The van der Waals surface area contributed by atoms with Crippen LogP contribution in [-0.4, -0.2) is 42.2 Å². The van der Waals surface area contributed by atoms with Crippen LogP contribution in [0.25, 0.3) is 0 Å². The topological polar surface area (TPSA) is 88.1 Å². The van der Waals surface area contributed by atoms with Crippen LogP contribution in [0.2, 0.25) is 0 Å². The minimum Gasteiger partial charge on any atom is -0.491 e. The first kappa shape index (κ1) is 29.9. The lowest BCUT2D eigenvalue weighted by Gasteiger charge is -2.40. The number of fused-ring (bicyclic) bond motifs is 1. The number of hydrazine groups is 1. The maximum Gasteiger partial charge on any atom is 0.495 e. The van der Waals surface area contributed by atoms with E-state index in [9.17, 15) is 14.6 Å². The van der Waals surface area contributed by atoms with Crippen LogP contribution >= 0.6 is 0 Å². The summed E-state index contributed by atoms with van der Waals surface area (Å²) in [6.45, 7) is 17.9. The lowest BCUT2D eigenvalue weighted by Crippen LogP contribution is -2.52. The fourth-order valence-electron chi connectivity index (χ4n) is 4.69. The molecule has 1 heterocycles. The number of hydrogen-bond donors (Lipinski definition) is 2. The van der Waals surface area contributed by atoms with Gasteiger partial charge in [0.1, 0.15) is 12.4 Å². The molecule has 2 aromatic carbocycles. The first-order valence-corrected chi connectivity index (χ1v) is 13.1. The van der Waals surface area contributed by atoms with Gasteiger partial charge in [-0.1, -0.05) is 81.0 Å². The van der Waals surface area contributed by atoms with Gasteiger partial charge in [0.15, 0.2) is 0 Å². The maximum absolute atomic E-state index is 14.2. The van der Waals surface area contributed by atoms with Gasteiger partial charge in [-0.2, -0.15) is 0 Å². The molecule has 0 saturated heterocycles. The smallest absolute Gasteiger partial charge is 0.491 e. The van der Waals surface area contributed by atoms with Crippen molar-refractivity contribution in [3.05, 3.63) is 94.6 Å². The number of allylic oxidation sites excluding steroid dienone is 3. The van der Waals surface area contributed by atoms with E-state index < -0.39 is 24.5 Å². The lowest BCUT2D eigenvalue weighted by atomic mass is 9.77. The predicted molar refractivity (Wildman–Crippen MR) is 156 cm³/mol. The highest BCUT2D eigenvalue weighted by Crippen LogP contribution is 2.38. The van der Waals surface area contributed by atoms with E-state index in [1.165, 1.54) is 5.01 Å². The SMILES string of the molecule is C=C(C)/C=C(\C=C(C)C)C(=O)N(NC(=O)c1ccc2c(c1C)OCCOB2O)C(c1ccccc1)C(C)(C)C. The number of amides is 2. The Morgan fingerprint density at radius 2 is 1.74 bits per heavy atom. The zero-order chi connectivity index (χ0) is 28.9. The molecule has 0 aliphatic carbocycles. The van der Waals surface area contributed by atoms with Crippen molar-refractivity contribution < 1.29 is 24.0 Å².